The first-order valence-electron chi connectivity index (χ1n) is 15.2. The van der Waals surface area contributed by atoms with Crippen LogP contribution in [0.3, 0.4) is 0 Å². The van der Waals surface area contributed by atoms with Crippen molar-refractivity contribution in [3.63, 3.8) is 0 Å². The van der Waals surface area contributed by atoms with Crippen LogP contribution in [-0.2, 0) is 22.6 Å². The zero-order valence-corrected chi connectivity index (χ0v) is 24.5. The number of ketones is 1. The van der Waals surface area contributed by atoms with Crippen molar-refractivity contribution in [1.82, 2.24) is 4.90 Å². The molecule has 2 aromatic rings. The highest BCUT2D eigenvalue weighted by Crippen LogP contribution is 2.46. The average molecular weight is 516 g/mol. The monoisotopic (exact) mass is 515 g/mol. The molecular weight excluding hydrogens is 466 g/mol. The maximum atomic E-state index is 13.7. The Hall–Kier alpha value is -2.42. The van der Waals surface area contributed by atoms with E-state index in [1.165, 1.54) is 47.1 Å². The van der Waals surface area contributed by atoms with Gasteiger partial charge in [0.2, 0.25) is 5.91 Å². The van der Waals surface area contributed by atoms with Gasteiger partial charge in [0.25, 0.3) is 0 Å². The van der Waals surface area contributed by atoms with Crippen molar-refractivity contribution in [2.75, 3.05) is 0 Å². The van der Waals surface area contributed by atoms with Crippen molar-refractivity contribution < 1.29 is 9.59 Å². The molecule has 3 nitrogen and oxygen atoms in total. The van der Waals surface area contributed by atoms with Gasteiger partial charge in [-0.2, -0.15) is 0 Å². The van der Waals surface area contributed by atoms with Crippen LogP contribution in [0, 0.1) is 12.8 Å². The fourth-order valence-electron chi connectivity index (χ4n) is 7.07. The predicted octanol–water partition coefficient (Wildman–Crippen LogP) is 8.67. The van der Waals surface area contributed by atoms with Gasteiger partial charge < -0.3 is 4.90 Å². The highest BCUT2D eigenvalue weighted by Gasteiger charge is 2.50. The molecule has 1 unspecified atom stereocenters. The Balaban J connectivity index is 1.35. The smallest absolute Gasteiger partial charge is 0.226 e. The van der Waals surface area contributed by atoms with Crippen molar-refractivity contribution in [3.05, 3.63) is 70.3 Å². The highest BCUT2D eigenvalue weighted by atomic mass is 16.2. The van der Waals surface area contributed by atoms with Gasteiger partial charge in [0.1, 0.15) is 5.78 Å². The second-order valence-corrected chi connectivity index (χ2v) is 12.8. The average Bonchev–Trinajstić information content (AvgIpc) is 3.13. The van der Waals surface area contributed by atoms with E-state index in [4.69, 9.17) is 0 Å². The molecule has 2 fully saturated rings. The van der Waals surface area contributed by atoms with Crippen molar-refractivity contribution in [1.29, 1.82) is 0 Å². The lowest BCUT2D eigenvalue weighted by Crippen LogP contribution is -2.46. The maximum absolute atomic E-state index is 13.7. The highest BCUT2D eigenvalue weighted by molar-refractivity contribution is 5.83. The molecule has 38 heavy (non-hydrogen) atoms. The summed E-state index contributed by atoms with van der Waals surface area (Å²) in [6.07, 6.45) is 10.7. The van der Waals surface area contributed by atoms with E-state index in [-0.39, 0.29) is 11.5 Å². The lowest BCUT2D eigenvalue weighted by Gasteiger charge is -2.41. The summed E-state index contributed by atoms with van der Waals surface area (Å²) in [5, 5.41) is 0. The molecule has 0 bridgehead atoms. The van der Waals surface area contributed by atoms with E-state index < -0.39 is 0 Å². The van der Waals surface area contributed by atoms with Gasteiger partial charge in [0.15, 0.2) is 0 Å². The molecule has 2 aromatic carbocycles. The lowest BCUT2D eigenvalue weighted by molar-refractivity contribution is -0.135. The molecule has 4 rings (SSSR count). The minimum atomic E-state index is 0.0305. The van der Waals surface area contributed by atoms with Crippen LogP contribution in [0.25, 0.3) is 0 Å². The molecule has 1 saturated heterocycles. The van der Waals surface area contributed by atoms with E-state index in [1.54, 1.807) is 0 Å². The summed E-state index contributed by atoms with van der Waals surface area (Å²) in [6, 6.07) is 15.3. The Labute approximate surface area is 231 Å². The van der Waals surface area contributed by atoms with Crippen LogP contribution in [0.15, 0.2) is 42.5 Å². The van der Waals surface area contributed by atoms with Gasteiger partial charge in [-0.05, 0) is 79.5 Å². The minimum absolute atomic E-state index is 0.0305. The third kappa shape index (κ3) is 6.58. The number of hydrogen-bond acceptors (Lipinski definition) is 2. The van der Waals surface area contributed by atoms with Gasteiger partial charge in [-0.1, -0.05) is 95.0 Å². The number of aryl methyl sites for hydroxylation is 1. The molecule has 1 aliphatic heterocycles. The van der Waals surface area contributed by atoms with Gasteiger partial charge in [0, 0.05) is 30.8 Å². The lowest BCUT2D eigenvalue weighted by atomic mass is 9.77. The molecule has 1 heterocycles. The zero-order valence-electron chi connectivity index (χ0n) is 24.5. The summed E-state index contributed by atoms with van der Waals surface area (Å²) >= 11 is 0. The Morgan fingerprint density at radius 2 is 1.55 bits per heavy atom. The van der Waals surface area contributed by atoms with E-state index in [9.17, 15) is 9.59 Å². The molecular formula is C35H49NO2. The molecule has 1 saturated carbocycles. The number of amides is 1. The number of carbonyl (C=O) groups is 2. The van der Waals surface area contributed by atoms with Gasteiger partial charge in [-0.3, -0.25) is 9.59 Å². The quantitative estimate of drug-likeness (QED) is 0.300. The largest absolute Gasteiger partial charge is 0.332 e. The van der Waals surface area contributed by atoms with E-state index in [0.717, 1.165) is 45.1 Å². The van der Waals surface area contributed by atoms with Gasteiger partial charge in [0.05, 0.1) is 0 Å². The fraction of sp³-hybridized carbons (Fsp3) is 0.600. The summed E-state index contributed by atoms with van der Waals surface area (Å²) in [5.41, 5.74) is 6.65. The molecule has 0 aromatic heterocycles. The van der Waals surface area contributed by atoms with E-state index in [2.05, 4.69) is 82.0 Å². The number of Topliss-reactive ketones (excluding diaryl/α,β-unsaturated/α-hetero) is 1. The standard InChI is InChI=1S/C35H49NO2/c1-25(2)31-13-10-14-32(26(3)4)33(31)20-19-30(37)12-9-11-29-23-35(21-7-6-8-22-35)36(34(29)38)24-28-17-15-27(5)16-18-28/h10,13-18,25-26,29H,6-9,11-12,19-24H2,1-5H3. The molecule has 1 atom stereocenters. The molecule has 0 radical (unpaired) electrons. The molecule has 0 N–H and O–H groups in total. The Morgan fingerprint density at radius 1 is 0.921 bits per heavy atom. The van der Waals surface area contributed by atoms with Crippen LogP contribution in [-0.4, -0.2) is 22.1 Å². The van der Waals surface area contributed by atoms with Gasteiger partial charge >= 0.3 is 0 Å². The maximum Gasteiger partial charge on any atom is 0.226 e. The number of nitrogens with zero attached hydrogens (tertiary/aromatic N) is 1. The predicted molar refractivity (Wildman–Crippen MR) is 157 cm³/mol. The second kappa shape index (κ2) is 12.6. The molecule has 1 spiro atoms. The normalized spacial score (nSPS) is 19.2. The van der Waals surface area contributed by atoms with Crippen molar-refractivity contribution in [2.24, 2.45) is 5.92 Å². The number of rotatable bonds is 11. The minimum Gasteiger partial charge on any atom is -0.332 e. The summed E-state index contributed by atoms with van der Waals surface area (Å²) in [6.45, 7) is 11.8. The van der Waals surface area contributed by atoms with Crippen molar-refractivity contribution in [2.45, 2.75) is 129 Å². The summed E-state index contributed by atoms with van der Waals surface area (Å²) in [4.78, 5) is 28.9. The van der Waals surface area contributed by atoms with E-state index in [1.807, 2.05) is 0 Å². The van der Waals surface area contributed by atoms with E-state index in [0.29, 0.717) is 36.4 Å². The van der Waals surface area contributed by atoms with Crippen LogP contribution >= 0.6 is 0 Å². The summed E-state index contributed by atoms with van der Waals surface area (Å²) in [7, 11) is 0. The Kier molecular flexibility index (Phi) is 9.50. The zero-order chi connectivity index (χ0) is 27.3. The molecule has 1 aliphatic carbocycles. The SMILES string of the molecule is Cc1ccc(CN2C(=O)C(CCCC(=O)CCc3c(C(C)C)cccc3C(C)C)CC23CCCCC3)cc1. The molecule has 2 aliphatic rings. The van der Waals surface area contributed by atoms with Crippen LogP contribution in [0.2, 0.25) is 0 Å². The van der Waals surface area contributed by atoms with Crippen LogP contribution < -0.4 is 0 Å². The number of benzene rings is 2. The summed E-state index contributed by atoms with van der Waals surface area (Å²) in [5.74, 6) is 1.66. The van der Waals surface area contributed by atoms with Crippen molar-refractivity contribution in [3.8, 4) is 0 Å². The summed E-state index contributed by atoms with van der Waals surface area (Å²) < 4.78 is 0. The van der Waals surface area contributed by atoms with Gasteiger partial charge in [-0.15, -0.1) is 0 Å². The number of likely N-dealkylation sites (tertiary alicyclic amines) is 1. The van der Waals surface area contributed by atoms with Crippen LogP contribution in [0.5, 0.6) is 0 Å². The number of carbonyl (C=O) groups excluding carboxylic acids is 2. The third-order valence-corrected chi connectivity index (χ3v) is 9.21. The first-order valence-corrected chi connectivity index (χ1v) is 15.2. The number of hydrogen-bond donors (Lipinski definition) is 0. The second-order valence-electron chi connectivity index (χ2n) is 12.8. The third-order valence-electron chi connectivity index (χ3n) is 9.21. The van der Waals surface area contributed by atoms with Gasteiger partial charge in [-0.25, -0.2) is 0 Å². The van der Waals surface area contributed by atoms with Crippen LogP contribution in [0.4, 0.5) is 0 Å². The Bertz CT molecular complexity index is 1070. The Morgan fingerprint density at radius 3 is 2.16 bits per heavy atom. The molecule has 206 valence electrons. The molecule has 1 amide bonds. The molecule has 3 heteroatoms. The van der Waals surface area contributed by atoms with Crippen LogP contribution in [0.1, 0.15) is 132 Å². The van der Waals surface area contributed by atoms with E-state index >= 15 is 0 Å². The topological polar surface area (TPSA) is 37.4 Å². The fourth-order valence-corrected chi connectivity index (χ4v) is 7.07. The van der Waals surface area contributed by atoms with Crippen molar-refractivity contribution >= 4 is 11.7 Å². The first kappa shape index (κ1) is 28.6. The first-order chi connectivity index (χ1) is 18.2.